The van der Waals surface area contributed by atoms with Crippen molar-refractivity contribution >= 4 is 44.5 Å². The molecule has 0 amide bonds. The molecule has 70 heavy (non-hydrogen) atoms. The van der Waals surface area contributed by atoms with Gasteiger partial charge in [-0.05, 0) is 116 Å². The molecule has 0 N–H and O–H groups in total. The van der Waals surface area contributed by atoms with Gasteiger partial charge in [-0.25, -0.2) is 0 Å². The quantitative estimate of drug-likeness (QED) is 0.0407. The molecule has 0 heterocycles. The lowest BCUT2D eigenvalue weighted by molar-refractivity contribution is -0.138. The molecule has 2 atom stereocenters. The standard InChI is InChI=1S/C38H37F3NOP.C20H23BrF3NO/c1-42(29-27-37(31-15-6-2-7-16-31)43-33-25-23-32(24-26-33)38(39,40)41)28-14-30-44(34-17-8-3-9-18-34,35-19-10-4-11-20-35)36-21-12-5-13-22-36;1-25(14-5-13-21)15-12-19(16-6-3-2-4-7-16)26-18-10-8-17(9-11-18)20(22,23)24/h2-13,15-26,30,37H,14,27-29H2,1H3;2-4,6-11,19H,5,12-15H2,1H3. The van der Waals surface area contributed by atoms with E-state index >= 15 is 0 Å². The van der Waals surface area contributed by atoms with E-state index in [0.717, 1.165) is 86.2 Å². The fourth-order valence-electron chi connectivity index (χ4n) is 8.15. The maximum absolute atomic E-state index is 13.1. The zero-order valence-electron chi connectivity index (χ0n) is 39.5. The first kappa shape index (κ1) is 53.8. The van der Waals surface area contributed by atoms with Crippen molar-refractivity contribution in [3.8, 4) is 11.5 Å². The minimum absolute atomic E-state index is 0.209. The van der Waals surface area contributed by atoms with Crippen LogP contribution in [0.3, 0.4) is 0 Å². The Kier molecular flexibility index (Phi) is 20.4. The van der Waals surface area contributed by atoms with E-state index < -0.39 is 30.4 Å². The van der Waals surface area contributed by atoms with Gasteiger partial charge in [0, 0.05) is 37.8 Å². The molecule has 0 radical (unpaired) electrons. The van der Waals surface area contributed by atoms with Crippen molar-refractivity contribution < 1.29 is 35.8 Å². The number of nitrogens with zero attached hydrogens (tertiary/aromatic N) is 2. The summed E-state index contributed by atoms with van der Waals surface area (Å²) in [6.07, 6.45) is -5.82. The minimum Gasteiger partial charge on any atom is -0.486 e. The molecule has 368 valence electrons. The smallest absolute Gasteiger partial charge is 0.416 e. The molecular weight excluding hydrogens is 982 g/mol. The van der Waals surface area contributed by atoms with Gasteiger partial charge in [0.25, 0.3) is 0 Å². The summed E-state index contributed by atoms with van der Waals surface area (Å²) in [6, 6.07) is 61.9. The lowest BCUT2D eigenvalue weighted by Crippen LogP contribution is -2.28. The van der Waals surface area contributed by atoms with Gasteiger partial charge in [0.15, 0.2) is 0 Å². The summed E-state index contributed by atoms with van der Waals surface area (Å²) in [7, 11) is 4.17. The Morgan fingerprint density at radius 3 is 1.11 bits per heavy atom. The van der Waals surface area contributed by atoms with Crippen LogP contribution in [0.25, 0.3) is 0 Å². The third kappa shape index (κ3) is 16.0. The van der Waals surface area contributed by atoms with Gasteiger partial charge < -0.3 is 19.3 Å². The van der Waals surface area contributed by atoms with Crippen molar-refractivity contribution in [1.82, 2.24) is 9.80 Å². The van der Waals surface area contributed by atoms with Crippen molar-refractivity contribution in [2.45, 2.75) is 50.2 Å². The van der Waals surface area contributed by atoms with Crippen LogP contribution in [-0.4, -0.2) is 61.2 Å². The molecule has 4 nitrogen and oxygen atoms in total. The van der Waals surface area contributed by atoms with Crippen LogP contribution in [0.2, 0.25) is 0 Å². The third-order valence-electron chi connectivity index (χ3n) is 11.9. The maximum atomic E-state index is 13.1. The Labute approximate surface area is 418 Å². The summed E-state index contributed by atoms with van der Waals surface area (Å²) < 4.78 is 89.6. The van der Waals surface area contributed by atoms with Crippen LogP contribution in [-0.2, 0) is 12.4 Å². The second-order valence-electron chi connectivity index (χ2n) is 17.0. The SMILES string of the molecule is CN(CCC=P(c1ccccc1)(c1ccccc1)c1ccccc1)CCC(Oc1ccc(C(F)(F)F)cc1)c1ccccc1.CN(CCCBr)CCC(Oc1ccc(C(F)(F)F)cc1)c1ccccc1. The highest BCUT2D eigenvalue weighted by atomic mass is 79.9. The molecule has 12 heteroatoms. The third-order valence-corrected chi connectivity index (χ3v) is 16.6. The first-order valence-electron chi connectivity index (χ1n) is 23.4. The van der Waals surface area contributed by atoms with Crippen molar-refractivity contribution in [1.29, 1.82) is 0 Å². The second-order valence-corrected chi connectivity index (χ2v) is 21.2. The Hall–Kier alpha value is -5.58. The summed E-state index contributed by atoms with van der Waals surface area (Å²) in [4.78, 5) is 4.53. The van der Waals surface area contributed by atoms with Crippen LogP contribution in [0.15, 0.2) is 200 Å². The van der Waals surface area contributed by atoms with E-state index in [9.17, 15) is 26.3 Å². The van der Waals surface area contributed by atoms with E-state index in [-0.39, 0.29) is 12.2 Å². The highest BCUT2D eigenvalue weighted by Gasteiger charge is 2.31. The molecule has 0 bridgehead atoms. The van der Waals surface area contributed by atoms with E-state index in [1.807, 2.05) is 60.7 Å². The van der Waals surface area contributed by atoms with Crippen LogP contribution >= 0.6 is 22.8 Å². The number of halogens is 7. The molecule has 0 aliphatic carbocycles. The molecule has 7 aromatic rings. The largest absolute Gasteiger partial charge is 0.486 e. The normalized spacial score (nSPS) is 12.7. The first-order valence-corrected chi connectivity index (χ1v) is 26.3. The molecule has 2 unspecified atom stereocenters. The van der Waals surface area contributed by atoms with Crippen LogP contribution < -0.4 is 25.4 Å². The molecule has 0 saturated heterocycles. The van der Waals surface area contributed by atoms with Crippen molar-refractivity contribution in [3.05, 3.63) is 222 Å². The molecule has 0 fully saturated rings. The fourth-order valence-corrected chi connectivity index (χ4v) is 12.4. The molecule has 0 aromatic heterocycles. The van der Waals surface area contributed by atoms with Crippen LogP contribution in [0.4, 0.5) is 26.3 Å². The number of ether oxygens (including phenoxy) is 2. The van der Waals surface area contributed by atoms with Crippen molar-refractivity contribution in [2.75, 3.05) is 45.6 Å². The number of benzene rings is 7. The zero-order chi connectivity index (χ0) is 49.8. The number of alkyl halides is 7. The van der Waals surface area contributed by atoms with Gasteiger partial charge in [-0.15, -0.1) is 0 Å². The van der Waals surface area contributed by atoms with Gasteiger partial charge in [-0.1, -0.05) is 173 Å². The number of rotatable bonds is 21. The van der Waals surface area contributed by atoms with E-state index in [0.29, 0.717) is 17.9 Å². The molecule has 7 rings (SSSR count). The molecule has 0 saturated carbocycles. The molecule has 0 spiro atoms. The van der Waals surface area contributed by atoms with Crippen LogP contribution in [0.5, 0.6) is 11.5 Å². The predicted molar refractivity (Wildman–Crippen MR) is 281 cm³/mol. The van der Waals surface area contributed by atoms with E-state index in [1.165, 1.54) is 40.2 Å². The van der Waals surface area contributed by atoms with Gasteiger partial charge in [0.2, 0.25) is 0 Å². The monoisotopic (exact) mass is 1040 g/mol. The lowest BCUT2D eigenvalue weighted by atomic mass is 10.1. The first-order chi connectivity index (χ1) is 33.8. The van der Waals surface area contributed by atoms with Crippen molar-refractivity contribution in [2.24, 2.45) is 0 Å². The maximum Gasteiger partial charge on any atom is 0.416 e. The summed E-state index contributed by atoms with van der Waals surface area (Å²) in [5.41, 5.74) is 0.656. The minimum atomic E-state index is -4.38. The van der Waals surface area contributed by atoms with Gasteiger partial charge in [0.1, 0.15) is 23.7 Å². The molecule has 0 aliphatic rings. The Bertz CT molecular complexity index is 2500. The average molecular weight is 1040 g/mol. The Morgan fingerprint density at radius 1 is 0.457 bits per heavy atom. The fraction of sp³-hybridized carbons (Fsp3) is 0.259. The number of hydrogen-bond donors (Lipinski definition) is 0. The van der Waals surface area contributed by atoms with E-state index in [1.54, 1.807) is 0 Å². The van der Waals surface area contributed by atoms with Gasteiger partial charge in [-0.3, -0.25) is 0 Å². The second kappa shape index (κ2) is 26.6. The van der Waals surface area contributed by atoms with E-state index in [4.69, 9.17) is 9.47 Å². The van der Waals surface area contributed by atoms with Gasteiger partial charge in [-0.2, -0.15) is 26.3 Å². The lowest BCUT2D eigenvalue weighted by Gasteiger charge is -2.29. The van der Waals surface area contributed by atoms with Crippen LogP contribution in [0, 0.1) is 0 Å². The summed E-state index contributed by atoms with van der Waals surface area (Å²) in [6.45, 7) is 1.43. The summed E-state index contributed by atoms with van der Waals surface area (Å²) in [5.74, 6) is 3.40. The summed E-state index contributed by atoms with van der Waals surface area (Å²) in [5, 5.41) is 4.94. The van der Waals surface area contributed by atoms with Crippen molar-refractivity contribution in [3.63, 3.8) is 0 Å². The zero-order valence-corrected chi connectivity index (χ0v) is 41.9. The van der Waals surface area contributed by atoms with Crippen LogP contribution in [0.1, 0.15) is 60.1 Å². The van der Waals surface area contributed by atoms with Gasteiger partial charge >= 0.3 is 12.4 Å². The Morgan fingerprint density at radius 2 is 0.786 bits per heavy atom. The highest BCUT2D eigenvalue weighted by molar-refractivity contribution is 9.09. The molecule has 0 aliphatic heterocycles. The van der Waals surface area contributed by atoms with Gasteiger partial charge in [0.05, 0.1) is 11.1 Å². The highest BCUT2D eigenvalue weighted by Crippen LogP contribution is 2.44. The van der Waals surface area contributed by atoms with E-state index in [2.05, 4.69) is 137 Å². The topological polar surface area (TPSA) is 24.9 Å². The number of hydrogen-bond acceptors (Lipinski definition) is 4. The average Bonchev–Trinajstić information content (AvgIpc) is 3.38. The molecule has 7 aromatic carbocycles. The molecular formula is C58H60BrF6N2O2P. The predicted octanol–water partition coefficient (Wildman–Crippen LogP) is 14.3. The summed E-state index contributed by atoms with van der Waals surface area (Å²) >= 11 is 3.43. The Balaban J connectivity index is 0.000000264.